The number of morpholine rings is 1. The van der Waals surface area contributed by atoms with Crippen LogP contribution in [0.25, 0.3) is 0 Å². The molecule has 8 heteroatoms. The molecule has 0 saturated carbocycles. The van der Waals surface area contributed by atoms with Gasteiger partial charge in [-0.3, -0.25) is 9.89 Å². The van der Waals surface area contributed by atoms with Crippen molar-refractivity contribution < 1.29 is 4.74 Å². The van der Waals surface area contributed by atoms with Crippen molar-refractivity contribution in [1.82, 2.24) is 20.1 Å². The van der Waals surface area contributed by atoms with Crippen LogP contribution in [0.2, 0.25) is 5.02 Å². The lowest BCUT2D eigenvalue weighted by Crippen LogP contribution is -2.46. The van der Waals surface area contributed by atoms with E-state index < -0.39 is 0 Å². The summed E-state index contributed by atoms with van der Waals surface area (Å²) in [4.78, 5) is 13.5. The summed E-state index contributed by atoms with van der Waals surface area (Å²) in [6, 6.07) is 8.23. The number of ether oxygens (including phenoxy) is 1. The molecule has 0 spiro atoms. The lowest BCUT2D eigenvalue weighted by Gasteiger charge is -2.36. The van der Waals surface area contributed by atoms with Gasteiger partial charge in [0.15, 0.2) is 5.96 Å². The van der Waals surface area contributed by atoms with Crippen molar-refractivity contribution in [2.24, 2.45) is 4.99 Å². The van der Waals surface area contributed by atoms with Crippen LogP contribution < -0.4 is 5.32 Å². The molecule has 1 aromatic carbocycles. The predicted octanol–water partition coefficient (Wildman–Crippen LogP) is 3.19. The number of aliphatic imine (C=N–C) groups is 1. The van der Waals surface area contributed by atoms with E-state index in [0.29, 0.717) is 0 Å². The lowest BCUT2D eigenvalue weighted by atomic mass is 10.0. The zero-order chi connectivity index (χ0) is 19.9. The number of benzene rings is 1. The maximum absolute atomic E-state index is 6.53. The van der Waals surface area contributed by atoms with Crippen LogP contribution in [0.15, 0.2) is 34.6 Å². The average Bonchev–Trinajstić information content (AvgIpc) is 3.11. The van der Waals surface area contributed by atoms with E-state index in [-0.39, 0.29) is 6.04 Å². The average molecular weight is 422 g/mol. The molecule has 1 saturated heterocycles. The van der Waals surface area contributed by atoms with Gasteiger partial charge < -0.3 is 15.0 Å². The molecule has 1 atom stereocenters. The quantitative estimate of drug-likeness (QED) is 0.573. The number of halogens is 1. The Bertz CT molecular complexity index is 790. The third-order valence-electron chi connectivity index (χ3n) is 4.84. The van der Waals surface area contributed by atoms with Crippen LogP contribution in [0.5, 0.6) is 0 Å². The number of thiazole rings is 1. The summed E-state index contributed by atoms with van der Waals surface area (Å²) < 4.78 is 5.54. The molecule has 0 bridgehead atoms. The number of rotatable bonds is 6. The van der Waals surface area contributed by atoms with Crippen molar-refractivity contribution in [1.29, 1.82) is 0 Å². The van der Waals surface area contributed by atoms with Gasteiger partial charge >= 0.3 is 0 Å². The molecule has 1 aliphatic rings. The van der Waals surface area contributed by atoms with Gasteiger partial charge in [0.2, 0.25) is 0 Å². The lowest BCUT2D eigenvalue weighted by molar-refractivity contribution is 0.0169. The summed E-state index contributed by atoms with van der Waals surface area (Å²) in [5, 5.41) is 7.50. The number of nitrogens with one attached hydrogen (secondary N) is 1. The highest BCUT2D eigenvalue weighted by molar-refractivity contribution is 7.09. The van der Waals surface area contributed by atoms with E-state index >= 15 is 0 Å². The molecule has 1 N–H and O–H groups in total. The van der Waals surface area contributed by atoms with E-state index in [4.69, 9.17) is 16.3 Å². The van der Waals surface area contributed by atoms with Crippen LogP contribution in [0.3, 0.4) is 0 Å². The molecule has 2 aromatic rings. The summed E-state index contributed by atoms with van der Waals surface area (Å²) in [6.07, 6.45) is 0. The number of aryl methyl sites for hydroxylation is 1. The number of guanidine groups is 1. The predicted molar refractivity (Wildman–Crippen MR) is 116 cm³/mol. The van der Waals surface area contributed by atoms with Crippen LogP contribution in [0.1, 0.15) is 22.3 Å². The van der Waals surface area contributed by atoms with Gasteiger partial charge in [-0.15, -0.1) is 11.3 Å². The first-order valence-corrected chi connectivity index (χ1v) is 10.7. The molecule has 1 fully saturated rings. The second-order valence-electron chi connectivity index (χ2n) is 6.83. The molecular formula is C20H28ClN5OS. The molecule has 0 amide bonds. The first-order valence-electron chi connectivity index (χ1n) is 9.47. The van der Waals surface area contributed by atoms with Crippen molar-refractivity contribution >= 4 is 28.9 Å². The molecule has 3 rings (SSSR count). The Kier molecular flexibility index (Phi) is 7.67. The third-order valence-corrected chi connectivity index (χ3v) is 6.01. The van der Waals surface area contributed by atoms with Crippen molar-refractivity contribution in [2.75, 3.05) is 46.9 Å². The van der Waals surface area contributed by atoms with Crippen LogP contribution in [-0.2, 0) is 11.3 Å². The number of nitrogens with zero attached hydrogens (tertiary/aromatic N) is 4. The minimum atomic E-state index is 0.157. The highest BCUT2D eigenvalue weighted by Gasteiger charge is 2.25. The normalized spacial score (nSPS) is 16.8. The van der Waals surface area contributed by atoms with Crippen molar-refractivity contribution in [3.8, 4) is 0 Å². The summed E-state index contributed by atoms with van der Waals surface area (Å²) in [5.41, 5.74) is 2.19. The molecule has 0 radical (unpaired) electrons. The zero-order valence-corrected chi connectivity index (χ0v) is 18.3. The fraction of sp³-hybridized carbons (Fsp3) is 0.500. The Balaban J connectivity index is 1.70. The molecule has 6 nitrogen and oxygen atoms in total. The Morgan fingerprint density at radius 3 is 2.79 bits per heavy atom. The first kappa shape index (κ1) is 21.0. The Morgan fingerprint density at radius 1 is 1.39 bits per heavy atom. The monoisotopic (exact) mass is 421 g/mol. The third kappa shape index (κ3) is 5.44. The molecule has 1 aliphatic heterocycles. The van der Waals surface area contributed by atoms with E-state index in [1.54, 1.807) is 11.3 Å². The van der Waals surface area contributed by atoms with Gasteiger partial charge in [0.05, 0.1) is 36.5 Å². The largest absolute Gasteiger partial charge is 0.379 e. The van der Waals surface area contributed by atoms with Crippen LogP contribution >= 0.6 is 22.9 Å². The van der Waals surface area contributed by atoms with Crippen LogP contribution in [-0.4, -0.2) is 67.7 Å². The number of hydrogen-bond donors (Lipinski definition) is 1. The minimum Gasteiger partial charge on any atom is -0.379 e. The van der Waals surface area contributed by atoms with Gasteiger partial charge in [0.1, 0.15) is 0 Å². The minimum absolute atomic E-state index is 0.157. The van der Waals surface area contributed by atoms with Gasteiger partial charge in [-0.2, -0.15) is 0 Å². The maximum Gasteiger partial charge on any atom is 0.193 e. The zero-order valence-electron chi connectivity index (χ0n) is 16.7. The highest BCUT2D eigenvalue weighted by atomic mass is 35.5. The summed E-state index contributed by atoms with van der Waals surface area (Å²) in [5.74, 6) is 0.843. The second-order valence-corrected chi connectivity index (χ2v) is 8.30. The van der Waals surface area contributed by atoms with Crippen LogP contribution in [0.4, 0.5) is 0 Å². The molecule has 1 unspecified atom stereocenters. The van der Waals surface area contributed by atoms with Gasteiger partial charge in [-0.05, 0) is 18.6 Å². The molecular weight excluding hydrogens is 394 g/mol. The summed E-state index contributed by atoms with van der Waals surface area (Å²) in [7, 11) is 3.84. The number of aromatic nitrogens is 1. The van der Waals surface area contributed by atoms with E-state index in [1.807, 2.05) is 39.2 Å². The van der Waals surface area contributed by atoms with Crippen molar-refractivity contribution in [2.45, 2.75) is 19.5 Å². The molecule has 2 heterocycles. The van der Waals surface area contributed by atoms with E-state index in [2.05, 4.69) is 36.5 Å². The first-order chi connectivity index (χ1) is 13.6. The summed E-state index contributed by atoms with van der Waals surface area (Å²) in [6.45, 7) is 6.75. The fourth-order valence-corrected chi connectivity index (χ4v) is 4.31. The summed E-state index contributed by atoms with van der Waals surface area (Å²) >= 11 is 8.20. The van der Waals surface area contributed by atoms with Crippen molar-refractivity contribution in [3.05, 3.63) is 50.9 Å². The van der Waals surface area contributed by atoms with E-state index in [0.717, 1.165) is 66.6 Å². The number of hydrogen-bond acceptors (Lipinski definition) is 5. The van der Waals surface area contributed by atoms with Crippen molar-refractivity contribution in [3.63, 3.8) is 0 Å². The highest BCUT2D eigenvalue weighted by Crippen LogP contribution is 2.27. The van der Waals surface area contributed by atoms with Gasteiger partial charge in [0.25, 0.3) is 0 Å². The molecule has 1 aromatic heterocycles. The SMILES string of the molecule is CN=C(NCC(c1ccccc1Cl)N1CCOCC1)N(C)Cc1csc(C)n1. The van der Waals surface area contributed by atoms with Gasteiger partial charge in [-0.25, -0.2) is 4.98 Å². The smallest absolute Gasteiger partial charge is 0.193 e. The Hall–Kier alpha value is -1.67. The van der Waals surface area contributed by atoms with Gasteiger partial charge in [0, 0.05) is 44.1 Å². The molecule has 28 heavy (non-hydrogen) atoms. The van der Waals surface area contributed by atoms with Gasteiger partial charge in [-0.1, -0.05) is 29.8 Å². The van der Waals surface area contributed by atoms with Crippen LogP contribution in [0, 0.1) is 6.92 Å². The molecule has 152 valence electrons. The topological polar surface area (TPSA) is 53.0 Å². The second kappa shape index (κ2) is 10.2. The molecule has 0 aliphatic carbocycles. The Labute approximate surface area is 176 Å². The Morgan fingerprint density at radius 2 is 2.14 bits per heavy atom. The van der Waals surface area contributed by atoms with E-state index in [9.17, 15) is 0 Å². The fourth-order valence-electron chi connectivity index (χ4n) is 3.44. The standard InChI is InChI=1S/C20H28ClN5OS/c1-15-24-16(14-28-15)13-25(3)20(22-2)23-12-19(26-8-10-27-11-9-26)17-6-4-5-7-18(17)21/h4-7,14,19H,8-13H2,1-3H3,(H,22,23). The maximum atomic E-state index is 6.53. The van der Waals surface area contributed by atoms with E-state index in [1.165, 1.54) is 0 Å².